The Labute approximate surface area is 116 Å². The Morgan fingerprint density at radius 3 is 2.42 bits per heavy atom. The van der Waals surface area contributed by atoms with Gasteiger partial charge < -0.3 is 19.1 Å². The molecule has 5 atom stereocenters. The third-order valence-corrected chi connectivity index (χ3v) is 6.07. The maximum absolute atomic E-state index is 10.5. The summed E-state index contributed by atoms with van der Waals surface area (Å²) in [6.45, 7) is 12.0. The summed E-state index contributed by atoms with van der Waals surface area (Å²) in [5.41, 5.74) is -2.01. The molecule has 3 aliphatic rings. The van der Waals surface area contributed by atoms with Crippen molar-refractivity contribution >= 4 is 14.4 Å². The lowest BCUT2D eigenvalue weighted by Crippen LogP contribution is -2.60. The van der Waals surface area contributed by atoms with Crippen molar-refractivity contribution in [2.75, 3.05) is 0 Å². The average Bonchev–Trinajstić information content (AvgIpc) is 2.76. The summed E-state index contributed by atoms with van der Waals surface area (Å²) in [6, 6.07) is 0. The van der Waals surface area contributed by atoms with Crippen molar-refractivity contribution in [2.45, 2.75) is 70.4 Å². The number of aliphatic hydroxyl groups is 1. The number of hydrogen-bond donors (Lipinski definition) is 1. The van der Waals surface area contributed by atoms with Gasteiger partial charge in [0.1, 0.15) is 0 Å². The van der Waals surface area contributed by atoms with Crippen LogP contribution in [0, 0.1) is 11.8 Å². The van der Waals surface area contributed by atoms with Gasteiger partial charge in [0.2, 0.25) is 0 Å². The first-order valence-corrected chi connectivity index (χ1v) is 7.15. The second-order valence-electron chi connectivity index (χ2n) is 7.40. The van der Waals surface area contributed by atoms with Crippen LogP contribution in [-0.4, -0.2) is 41.9 Å². The highest BCUT2D eigenvalue weighted by Crippen LogP contribution is 2.65. The molecule has 3 fully saturated rings. The second-order valence-corrected chi connectivity index (χ2v) is 7.40. The molecule has 3 rings (SSSR count). The maximum Gasteiger partial charge on any atom is 0.439 e. The number of hydrogen-bond acceptors (Lipinski definition) is 4. The van der Waals surface area contributed by atoms with E-state index in [-0.39, 0.29) is 23.0 Å². The van der Waals surface area contributed by atoms with Gasteiger partial charge in [-0.1, -0.05) is 13.8 Å². The predicted octanol–water partition coefficient (Wildman–Crippen LogP) is 1.37. The van der Waals surface area contributed by atoms with Gasteiger partial charge in [-0.25, -0.2) is 0 Å². The zero-order valence-corrected chi connectivity index (χ0v) is 12.7. The maximum atomic E-state index is 10.5. The van der Waals surface area contributed by atoms with Gasteiger partial charge >= 0.3 is 14.4 Å². The summed E-state index contributed by atoms with van der Waals surface area (Å²) < 4.78 is 17.9. The van der Waals surface area contributed by atoms with Gasteiger partial charge in [0.15, 0.2) is 0 Å². The first kappa shape index (κ1) is 13.9. The van der Waals surface area contributed by atoms with Gasteiger partial charge in [0.25, 0.3) is 0 Å². The smallest absolute Gasteiger partial charge is 0.435 e. The molecule has 0 aromatic heterocycles. The zero-order chi connectivity index (χ0) is 14.3. The highest BCUT2D eigenvalue weighted by Gasteiger charge is 2.77. The monoisotopic (exact) mass is 265 g/mol. The van der Waals surface area contributed by atoms with E-state index in [1.807, 2.05) is 6.92 Å². The van der Waals surface area contributed by atoms with Crippen LogP contribution in [0.1, 0.15) is 48.0 Å². The van der Waals surface area contributed by atoms with Crippen molar-refractivity contribution in [3.8, 4) is 0 Å². The molecule has 5 unspecified atom stereocenters. The minimum atomic E-state index is -0.935. The van der Waals surface area contributed by atoms with E-state index in [4.69, 9.17) is 14.0 Å². The molecule has 1 N–H and O–H groups in total. The Hall–Kier alpha value is -0.0301. The van der Waals surface area contributed by atoms with Gasteiger partial charge in [0.05, 0.1) is 22.4 Å². The van der Waals surface area contributed by atoms with Gasteiger partial charge in [-0.15, -0.1) is 0 Å². The van der Waals surface area contributed by atoms with E-state index in [1.165, 1.54) is 0 Å². The molecule has 2 aliphatic heterocycles. The Morgan fingerprint density at radius 1 is 1.21 bits per heavy atom. The molecule has 4 nitrogen and oxygen atoms in total. The molecule has 6 heteroatoms. The van der Waals surface area contributed by atoms with Crippen LogP contribution in [-0.2, 0) is 14.0 Å². The molecule has 105 valence electrons. The van der Waals surface area contributed by atoms with E-state index in [2.05, 4.69) is 20.8 Å². The SMILES string of the molecule is CC1C(C)C23CC2(C)OB([B]OC1(C)C(C)(C)O)O3. The van der Waals surface area contributed by atoms with Crippen molar-refractivity contribution in [3.63, 3.8) is 0 Å². The second kappa shape index (κ2) is 3.59. The fraction of sp³-hybridized carbons (Fsp3) is 1.00. The largest absolute Gasteiger partial charge is 0.439 e. The van der Waals surface area contributed by atoms with Gasteiger partial charge in [0, 0.05) is 6.42 Å². The number of rotatable bonds is 1. The fourth-order valence-corrected chi connectivity index (χ4v) is 3.94. The van der Waals surface area contributed by atoms with Gasteiger partial charge in [-0.3, -0.25) is 0 Å². The summed E-state index contributed by atoms with van der Waals surface area (Å²) >= 11 is 0. The third kappa shape index (κ3) is 1.57. The van der Waals surface area contributed by atoms with E-state index in [0.717, 1.165) is 6.42 Å². The van der Waals surface area contributed by atoms with Crippen molar-refractivity contribution in [1.29, 1.82) is 0 Å². The van der Waals surface area contributed by atoms with Crippen LogP contribution in [0.15, 0.2) is 0 Å². The minimum absolute atomic E-state index is 0.147. The molecule has 0 aromatic rings. The zero-order valence-electron chi connectivity index (χ0n) is 12.7. The number of fused-ring (bicyclic) bond motifs is 1. The van der Waals surface area contributed by atoms with E-state index in [1.54, 1.807) is 21.2 Å². The molecule has 1 aliphatic carbocycles. The lowest BCUT2D eigenvalue weighted by Gasteiger charge is -2.49. The Kier molecular flexibility index (Phi) is 2.63. The third-order valence-electron chi connectivity index (χ3n) is 6.07. The molecular formula is C13H23B2O4. The van der Waals surface area contributed by atoms with E-state index < -0.39 is 18.2 Å². The molecule has 1 radical (unpaired) electrons. The van der Waals surface area contributed by atoms with Crippen molar-refractivity contribution < 1.29 is 19.1 Å². The lowest BCUT2D eigenvalue weighted by molar-refractivity contribution is -0.153. The molecule has 0 aromatic carbocycles. The average molecular weight is 265 g/mol. The van der Waals surface area contributed by atoms with Crippen LogP contribution >= 0.6 is 0 Å². The van der Waals surface area contributed by atoms with Crippen LogP contribution < -0.4 is 0 Å². The predicted molar refractivity (Wildman–Crippen MR) is 73.5 cm³/mol. The van der Waals surface area contributed by atoms with Crippen molar-refractivity contribution in [2.24, 2.45) is 11.8 Å². The topological polar surface area (TPSA) is 47.9 Å². The van der Waals surface area contributed by atoms with Crippen LogP contribution in [0.3, 0.4) is 0 Å². The molecule has 19 heavy (non-hydrogen) atoms. The molecule has 2 saturated heterocycles. The molecule has 0 amide bonds. The molecule has 2 heterocycles. The quantitative estimate of drug-likeness (QED) is 0.727. The summed E-state index contributed by atoms with van der Waals surface area (Å²) in [4.78, 5) is 0. The highest BCUT2D eigenvalue weighted by molar-refractivity contribution is 7.03. The first-order valence-electron chi connectivity index (χ1n) is 7.15. The molecule has 2 bridgehead atoms. The summed E-state index contributed by atoms with van der Waals surface area (Å²) in [5, 5.41) is 10.5. The van der Waals surface area contributed by atoms with Crippen LogP contribution in [0.5, 0.6) is 0 Å². The van der Waals surface area contributed by atoms with Gasteiger partial charge in [-0.2, -0.15) is 0 Å². The van der Waals surface area contributed by atoms with Crippen LogP contribution in [0.2, 0.25) is 0 Å². The molecular weight excluding hydrogens is 242 g/mol. The normalized spacial score (nSPS) is 53.1. The molecule has 1 spiro atoms. The van der Waals surface area contributed by atoms with Gasteiger partial charge in [-0.05, 0) is 39.5 Å². The Bertz CT molecular complexity index is 412. The summed E-state index contributed by atoms with van der Waals surface area (Å²) in [7, 11) is 1.19. The van der Waals surface area contributed by atoms with Crippen molar-refractivity contribution in [1.82, 2.24) is 0 Å². The summed E-state index contributed by atoms with van der Waals surface area (Å²) in [6.07, 6.45) is 0.928. The highest BCUT2D eigenvalue weighted by atomic mass is 16.7. The van der Waals surface area contributed by atoms with E-state index in [9.17, 15) is 5.11 Å². The van der Waals surface area contributed by atoms with Crippen LogP contribution in [0.25, 0.3) is 0 Å². The van der Waals surface area contributed by atoms with Crippen molar-refractivity contribution in [3.05, 3.63) is 0 Å². The van der Waals surface area contributed by atoms with Crippen LogP contribution in [0.4, 0.5) is 0 Å². The Morgan fingerprint density at radius 2 is 1.84 bits per heavy atom. The lowest BCUT2D eigenvalue weighted by atomic mass is 9.54. The van der Waals surface area contributed by atoms with E-state index in [0.29, 0.717) is 0 Å². The first-order chi connectivity index (χ1) is 8.56. The Balaban J connectivity index is 1.98. The minimum Gasteiger partial charge on any atom is -0.435 e. The summed E-state index contributed by atoms with van der Waals surface area (Å²) in [5.74, 6) is 0.404. The molecule has 1 saturated carbocycles. The fourth-order valence-electron chi connectivity index (χ4n) is 3.94. The van der Waals surface area contributed by atoms with E-state index >= 15 is 0 Å². The standard InChI is InChI=1S/C13H23B2O4/c1-8-9(2)13-7-11(13,5)18-15(19-13)14-17-12(8,6)10(3,4)16/h8-9,16H,7H2,1-6H3.